The molecule has 3 rings (SSSR count). The van der Waals surface area contributed by atoms with E-state index in [-0.39, 0.29) is 27.0 Å². The molecule has 0 heterocycles. The third kappa shape index (κ3) is 7.61. The molecule has 1 aliphatic rings. The molecular weight excluding hydrogens is 501 g/mol. The summed E-state index contributed by atoms with van der Waals surface area (Å²) in [6.07, 6.45) is 5.71. The van der Waals surface area contributed by atoms with Crippen molar-refractivity contribution in [2.75, 3.05) is 25.0 Å². The van der Waals surface area contributed by atoms with Gasteiger partial charge in [-0.1, -0.05) is 54.2 Å². The van der Waals surface area contributed by atoms with E-state index >= 15 is 0 Å². The molecule has 0 aliphatic heterocycles. The summed E-state index contributed by atoms with van der Waals surface area (Å²) in [7, 11) is 0. The lowest BCUT2D eigenvalue weighted by Crippen LogP contribution is -2.45. The van der Waals surface area contributed by atoms with E-state index < -0.39 is 11.9 Å². The lowest BCUT2D eigenvalue weighted by atomic mass is 9.82. The number of halogens is 2. The zero-order valence-electron chi connectivity index (χ0n) is 20.4. The Bertz CT molecular complexity index is 1080. The summed E-state index contributed by atoms with van der Waals surface area (Å²) >= 11 is 12.3. The van der Waals surface area contributed by atoms with Crippen LogP contribution in [-0.2, 0) is 16.0 Å². The van der Waals surface area contributed by atoms with E-state index in [4.69, 9.17) is 33.5 Å². The maximum Gasteiger partial charge on any atom is 0.323 e. The number of hydrogen-bond acceptors (Lipinski definition) is 6. The molecule has 192 valence electrons. The quantitative estimate of drug-likeness (QED) is 0.181. The normalized spacial score (nSPS) is 15.1. The minimum Gasteiger partial charge on any atom is -0.465 e. The number of ether oxygens (including phenoxy) is 1. The number of rotatable bonds is 12. The van der Waals surface area contributed by atoms with Crippen LogP contribution in [-0.4, -0.2) is 37.6 Å². The Morgan fingerprint density at radius 1 is 1.14 bits per heavy atom. The highest BCUT2D eigenvalue weighted by atomic mass is 35.5. The third-order valence-electron chi connectivity index (χ3n) is 6.61. The second kappa shape index (κ2) is 13.5. The minimum atomic E-state index is -0.498. The minimum absolute atomic E-state index is 0.0487. The molecule has 0 spiro atoms. The number of carbonyl (C=O) groups excluding carboxylic acids is 2. The van der Waals surface area contributed by atoms with Gasteiger partial charge in [0.2, 0.25) is 4.91 Å². The molecule has 36 heavy (non-hydrogen) atoms. The fourth-order valence-corrected chi connectivity index (χ4v) is 5.24. The van der Waals surface area contributed by atoms with Crippen molar-refractivity contribution in [1.82, 2.24) is 10.2 Å². The van der Waals surface area contributed by atoms with Crippen molar-refractivity contribution in [3.63, 3.8) is 0 Å². The smallest absolute Gasteiger partial charge is 0.323 e. The molecule has 1 saturated carbocycles. The van der Waals surface area contributed by atoms with Crippen molar-refractivity contribution in [3.05, 3.63) is 63.6 Å². The Balaban J connectivity index is 1.66. The molecule has 1 fully saturated rings. The standard InChI is InChI=1S/C26H31Cl2N5O3/c1-2-36-25(35)22(30-17-26(12-3-4-13-26)14-15-31-33-29)16-18-8-10-19(11-9-18)32-24(34)23-20(27)6-5-7-21(23)28/h5-11,22,29-30H,2-4,12-17H2,1H3/p+1. The van der Waals surface area contributed by atoms with Crippen LogP contribution in [0.2, 0.25) is 10.0 Å². The summed E-state index contributed by atoms with van der Waals surface area (Å²) in [4.78, 5) is 28.5. The molecule has 8 nitrogen and oxygen atoms in total. The SMILES string of the molecule is CCOC(=O)C(Cc1ccc(NC(=O)c2c(Cl)cccc2Cl)cc1)NCC1(CCN=[N+]=N)CCCC1. The summed E-state index contributed by atoms with van der Waals surface area (Å²) in [5.41, 5.74) is 8.69. The van der Waals surface area contributed by atoms with Gasteiger partial charge in [0.15, 0.2) is 0 Å². The Morgan fingerprint density at radius 3 is 2.42 bits per heavy atom. The van der Waals surface area contributed by atoms with Crippen molar-refractivity contribution in [1.29, 1.82) is 5.53 Å². The van der Waals surface area contributed by atoms with Crippen molar-refractivity contribution in [2.24, 2.45) is 10.5 Å². The molecule has 3 N–H and O–H groups in total. The van der Waals surface area contributed by atoms with Crippen LogP contribution in [0.25, 0.3) is 0 Å². The van der Waals surface area contributed by atoms with Crippen LogP contribution in [0.1, 0.15) is 54.9 Å². The van der Waals surface area contributed by atoms with Gasteiger partial charge in [-0.2, -0.15) is 0 Å². The Morgan fingerprint density at radius 2 is 1.81 bits per heavy atom. The zero-order chi connectivity index (χ0) is 26.0. The van der Waals surface area contributed by atoms with Gasteiger partial charge in [0.25, 0.3) is 5.91 Å². The number of nitrogens with one attached hydrogen (secondary N) is 3. The number of amides is 1. The first-order valence-corrected chi connectivity index (χ1v) is 12.9. The van der Waals surface area contributed by atoms with Crippen molar-refractivity contribution >= 4 is 40.8 Å². The topological polar surface area (TPSA) is 118 Å². The lowest BCUT2D eigenvalue weighted by Gasteiger charge is -2.30. The molecule has 0 bridgehead atoms. The second-order valence-corrected chi connectivity index (χ2v) is 9.87. The summed E-state index contributed by atoms with van der Waals surface area (Å²) in [6.45, 7) is 3.29. The van der Waals surface area contributed by atoms with Gasteiger partial charge in [-0.3, -0.25) is 9.59 Å². The summed E-state index contributed by atoms with van der Waals surface area (Å²) < 4.78 is 5.33. The van der Waals surface area contributed by atoms with Crippen molar-refractivity contribution in [2.45, 2.75) is 51.5 Å². The number of hydrogen-bond donors (Lipinski definition) is 3. The van der Waals surface area contributed by atoms with Gasteiger partial charge < -0.3 is 15.4 Å². The van der Waals surface area contributed by atoms with Gasteiger partial charge in [-0.25, -0.2) is 0 Å². The van der Waals surface area contributed by atoms with Crippen LogP contribution < -0.4 is 15.5 Å². The molecule has 1 unspecified atom stereocenters. The Hall–Kier alpha value is -2.77. The molecular formula is C26H32Cl2N5O3+. The van der Waals surface area contributed by atoms with E-state index in [1.54, 1.807) is 37.3 Å². The van der Waals surface area contributed by atoms with E-state index in [0.717, 1.165) is 37.7 Å². The molecule has 10 heteroatoms. The first kappa shape index (κ1) is 27.8. The average molecular weight is 533 g/mol. The molecule has 2 aromatic carbocycles. The highest BCUT2D eigenvalue weighted by Crippen LogP contribution is 2.40. The van der Waals surface area contributed by atoms with E-state index in [0.29, 0.717) is 31.8 Å². The highest BCUT2D eigenvalue weighted by molar-refractivity contribution is 6.40. The van der Waals surface area contributed by atoms with Crippen LogP contribution in [0.15, 0.2) is 47.6 Å². The molecule has 2 aromatic rings. The Labute approximate surface area is 221 Å². The van der Waals surface area contributed by atoms with Gasteiger partial charge in [0.05, 0.1) is 22.2 Å². The highest BCUT2D eigenvalue weighted by Gasteiger charge is 2.35. The second-order valence-electron chi connectivity index (χ2n) is 9.06. The molecule has 0 saturated heterocycles. The first-order chi connectivity index (χ1) is 17.4. The van der Waals surface area contributed by atoms with Crippen molar-refractivity contribution < 1.29 is 14.3 Å². The molecule has 0 radical (unpaired) electrons. The fourth-order valence-electron chi connectivity index (χ4n) is 4.67. The van der Waals surface area contributed by atoms with Crippen LogP contribution in [0.5, 0.6) is 0 Å². The van der Waals surface area contributed by atoms with E-state index in [2.05, 4.69) is 20.7 Å². The molecule has 0 aromatic heterocycles. The van der Waals surface area contributed by atoms with Gasteiger partial charge in [-0.15, -0.1) is 0 Å². The maximum absolute atomic E-state index is 12.7. The predicted molar refractivity (Wildman–Crippen MR) is 141 cm³/mol. The van der Waals surface area contributed by atoms with Gasteiger partial charge in [-0.05, 0) is 67.9 Å². The average Bonchev–Trinajstić information content (AvgIpc) is 3.32. The fraction of sp³-hybridized carbons (Fsp3) is 0.462. The van der Waals surface area contributed by atoms with E-state index in [1.807, 2.05) is 12.1 Å². The number of carbonyl (C=O) groups is 2. The van der Waals surface area contributed by atoms with Crippen molar-refractivity contribution in [3.8, 4) is 0 Å². The number of nitrogens with zero attached hydrogens (tertiary/aromatic N) is 2. The van der Waals surface area contributed by atoms with Gasteiger partial charge >= 0.3 is 5.97 Å². The molecule has 1 atom stereocenters. The maximum atomic E-state index is 12.7. The first-order valence-electron chi connectivity index (χ1n) is 12.1. The molecule has 1 aliphatic carbocycles. The van der Waals surface area contributed by atoms with E-state index in [9.17, 15) is 9.59 Å². The number of esters is 1. The number of benzene rings is 2. The lowest BCUT2D eigenvalue weighted by molar-refractivity contribution is -0.145. The van der Waals surface area contributed by atoms with Crippen LogP contribution in [0, 0.1) is 10.9 Å². The van der Waals surface area contributed by atoms with E-state index in [1.165, 1.54) is 0 Å². The van der Waals surface area contributed by atoms with Crippen LogP contribution in [0.3, 0.4) is 0 Å². The Kier molecular flexibility index (Phi) is 10.4. The zero-order valence-corrected chi connectivity index (χ0v) is 21.9. The third-order valence-corrected chi connectivity index (χ3v) is 7.24. The largest absolute Gasteiger partial charge is 0.465 e. The predicted octanol–water partition coefficient (Wildman–Crippen LogP) is 5.81. The van der Waals surface area contributed by atoms with Crippen LogP contribution in [0.4, 0.5) is 5.69 Å². The summed E-state index contributed by atoms with van der Waals surface area (Å²) in [6, 6.07) is 11.7. The van der Waals surface area contributed by atoms with Gasteiger partial charge in [0, 0.05) is 12.2 Å². The summed E-state index contributed by atoms with van der Waals surface area (Å²) in [5.74, 6) is -0.682. The monoisotopic (exact) mass is 532 g/mol. The summed E-state index contributed by atoms with van der Waals surface area (Å²) in [5, 5.41) is 10.6. The van der Waals surface area contributed by atoms with Crippen LogP contribution >= 0.6 is 23.2 Å². The van der Waals surface area contributed by atoms with Gasteiger partial charge in [0.1, 0.15) is 23.2 Å². The molecule has 1 amide bonds. The number of anilines is 1.